The number of hydrogen-bond donors (Lipinski definition) is 2. The zero-order valence-corrected chi connectivity index (χ0v) is 17.1. The summed E-state index contributed by atoms with van der Waals surface area (Å²) in [7, 11) is 3.34. The summed E-state index contributed by atoms with van der Waals surface area (Å²) in [4.78, 5) is 17.2. The molecule has 0 aliphatic carbocycles. The number of carbonyl (C=O) groups excluding carboxylic acids is 1. The van der Waals surface area contributed by atoms with Crippen LogP contribution in [0.15, 0.2) is 24.3 Å². The summed E-state index contributed by atoms with van der Waals surface area (Å²) in [6.45, 7) is 4.38. The third-order valence-corrected chi connectivity index (χ3v) is 6.17. The van der Waals surface area contributed by atoms with Gasteiger partial charge in [0, 0.05) is 43.2 Å². The Morgan fingerprint density at radius 2 is 2.10 bits per heavy atom. The molecule has 4 rings (SSSR count). The number of benzene rings is 1. The molecule has 2 fully saturated rings. The molecule has 2 saturated heterocycles. The number of methoxy groups -OCH3 is 2. The van der Waals surface area contributed by atoms with Crippen molar-refractivity contribution in [1.29, 1.82) is 0 Å². The molecule has 3 N–H and O–H groups in total. The molecule has 1 unspecified atom stereocenters. The molecule has 1 amide bonds. The van der Waals surface area contributed by atoms with Gasteiger partial charge >= 0.3 is 0 Å². The van der Waals surface area contributed by atoms with Crippen molar-refractivity contribution in [2.75, 3.05) is 46.1 Å². The van der Waals surface area contributed by atoms with E-state index in [1.807, 2.05) is 17.0 Å². The topological polar surface area (TPSA) is 96.7 Å². The molecule has 0 bridgehead atoms. The number of ether oxygens (including phenoxy) is 2. The molecule has 8 nitrogen and oxygen atoms in total. The molecule has 1 spiro atoms. The van der Waals surface area contributed by atoms with Crippen LogP contribution in [0.3, 0.4) is 0 Å². The number of likely N-dealkylation sites (tertiary alicyclic amines) is 2. The van der Waals surface area contributed by atoms with Gasteiger partial charge in [0.15, 0.2) is 11.5 Å². The number of carbonyl (C=O) groups is 1. The van der Waals surface area contributed by atoms with Crippen molar-refractivity contribution in [3.8, 4) is 11.5 Å². The molecule has 1 atom stereocenters. The maximum absolute atomic E-state index is 12.8. The Kier molecular flexibility index (Phi) is 5.36. The van der Waals surface area contributed by atoms with Gasteiger partial charge in [-0.15, -0.1) is 0 Å². The van der Waals surface area contributed by atoms with Gasteiger partial charge in [0.25, 0.3) is 5.91 Å². The van der Waals surface area contributed by atoms with E-state index in [0.717, 1.165) is 69.0 Å². The van der Waals surface area contributed by atoms with Crippen LogP contribution >= 0.6 is 0 Å². The van der Waals surface area contributed by atoms with Crippen LogP contribution in [0.5, 0.6) is 11.5 Å². The van der Waals surface area contributed by atoms with Gasteiger partial charge in [0.05, 0.1) is 14.2 Å². The minimum Gasteiger partial charge on any atom is -0.493 e. The van der Waals surface area contributed by atoms with Crippen molar-refractivity contribution in [3.05, 3.63) is 35.5 Å². The predicted octanol–water partition coefficient (Wildman–Crippen LogP) is 2.14. The fourth-order valence-electron chi connectivity index (χ4n) is 4.82. The molecule has 1 aromatic carbocycles. The van der Waals surface area contributed by atoms with Crippen molar-refractivity contribution in [2.24, 2.45) is 5.41 Å². The normalized spacial score (nSPS) is 22.2. The lowest BCUT2D eigenvalue weighted by Gasteiger charge is -2.40. The first-order valence-electron chi connectivity index (χ1n) is 10.1. The van der Waals surface area contributed by atoms with E-state index in [-0.39, 0.29) is 11.3 Å². The van der Waals surface area contributed by atoms with Gasteiger partial charge in [-0.2, -0.15) is 5.10 Å². The largest absolute Gasteiger partial charge is 0.493 e. The summed E-state index contributed by atoms with van der Waals surface area (Å²) in [5.41, 5.74) is 7.39. The number of amides is 1. The van der Waals surface area contributed by atoms with Gasteiger partial charge in [-0.3, -0.25) is 14.8 Å². The van der Waals surface area contributed by atoms with Gasteiger partial charge in [-0.25, -0.2) is 0 Å². The van der Waals surface area contributed by atoms with E-state index in [1.165, 1.54) is 0 Å². The SMILES string of the molecule is COc1cccc(CN2CCCC3(CCN(C(=O)c4cc(N)n[nH]4)C3)C2)c1OC. The molecule has 3 heterocycles. The van der Waals surface area contributed by atoms with Gasteiger partial charge in [-0.05, 0) is 31.9 Å². The first kappa shape index (κ1) is 19.6. The number of hydrogen-bond acceptors (Lipinski definition) is 6. The number of rotatable bonds is 5. The summed E-state index contributed by atoms with van der Waals surface area (Å²) >= 11 is 0. The maximum Gasteiger partial charge on any atom is 0.271 e. The molecule has 1 aromatic heterocycles. The molecule has 8 heteroatoms. The first-order valence-corrected chi connectivity index (χ1v) is 10.1. The first-order chi connectivity index (χ1) is 14.0. The Morgan fingerprint density at radius 1 is 1.24 bits per heavy atom. The molecular formula is C21H29N5O3. The lowest BCUT2D eigenvalue weighted by molar-refractivity contribution is 0.0669. The monoisotopic (exact) mass is 399 g/mol. The molecule has 0 saturated carbocycles. The number of nitrogens with zero attached hydrogens (tertiary/aromatic N) is 3. The molecule has 2 aliphatic rings. The van der Waals surface area contributed by atoms with Crippen molar-refractivity contribution in [3.63, 3.8) is 0 Å². The van der Waals surface area contributed by atoms with Crippen LogP contribution < -0.4 is 15.2 Å². The van der Waals surface area contributed by atoms with E-state index in [9.17, 15) is 4.79 Å². The Bertz CT molecular complexity index is 883. The zero-order valence-electron chi connectivity index (χ0n) is 17.1. The van der Waals surface area contributed by atoms with Gasteiger partial charge < -0.3 is 20.1 Å². The van der Waals surface area contributed by atoms with E-state index >= 15 is 0 Å². The van der Waals surface area contributed by atoms with Crippen molar-refractivity contribution >= 4 is 11.7 Å². The van der Waals surface area contributed by atoms with E-state index < -0.39 is 0 Å². The number of H-pyrrole nitrogens is 1. The van der Waals surface area contributed by atoms with Crippen LogP contribution in [0.1, 0.15) is 35.3 Å². The number of anilines is 1. The van der Waals surface area contributed by atoms with Gasteiger partial charge in [-0.1, -0.05) is 12.1 Å². The Labute approximate surface area is 171 Å². The average molecular weight is 399 g/mol. The molecule has 0 radical (unpaired) electrons. The summed E-state index contributed by atoms with van der Waals surface area (Å²) in [5, 5.41) is 6.61. The van der Waals surface area contributed by atoms with Crippen molar-refractivity contribution in [2.45, 2.75) is 25.8 Å². The van der Waals surface area contributed by atoms with Crippen molar-refractivity contribution < 1.29 is 14.3 Å². The Hall–Kier alpha value is -2.74. The number of nitrogens with one attached hydrogen (secondary N) is 1. The standard InChI is InChI=1S/C21H29N5O3/c1-28-17-6-3-5-15(19(17)29-2)12-25-9-4-7-21(13-25)8-10-26(14-21)20(27)16-11-18(22)24-23-16/h3,5-6,11H,4,7-10,12-14H2,1-2H3,(H3,22,23,24). The zero-order chi connectivity index (χ0) is 20.4. The fourth-order valence-corrected chi connectivity index (χ4v) is 4.82. The number of aromatic amines is 1. The summed E-state index contributed by atoms with van der Waals surface area (Å²) in [6.07, 6.45) is 3.30. The van der Waals surface area contributed by atoms with Gasteiger partial charge in [0.2, 0.25) is 0 Å². The van der Waals surface area contributed by atoms with Crippen LogP contribution in [0, 0.1) is 5.41 Å². The predicted molar refractivity (Wildman–Crippen MR) is 110 cm³/mol. The highest BCUT2D eigenvalue weighted by molar-refractivity contribution is 5.93. The number of nitrogens with two attached hydrogens (primary N) is 1. The van der Waals surface area contributed by atoms with E-state index in [4.69, 9.17) is 15.2 Å². The van der Waals surface area contributed by atoms with Crippen LogP contribution in [0.2, 0.25) is 0 Å². The second-order valence-corrected chi connectivity index (χ2v) is 8.15. The van der Waals surface area contributed by atoms with Gasteiger partial charge in [0.1, 0.15) is 11.5 Å². The molecule has 29 heavy (non-hydrogen) atoms. The summed E-state index contributed by atoms with van der Waals surface area (Å²) in [5.74, 6) is 1.89. The average Bonchev–Trinajstić information content (AvgIpc) is 3.34. The van der Waals surface area contributed by atoms with Crippen LogP contribution in [0.4, 0.5) is 5.82 Å². The quantitative estimate of drug-likeness (QED) is 0.800. The Morgan fingerprint density at radius 3 is 2.83 bits per heavy atom. The summed E-state index contributed by atoms with van der Waals surface area (Å²) in [6, 6.07) is 7.62. The third-order valence-electron chi connectivity index (χ3n) is 6.17. The van der Waals surface area contributed by atoms with Crippen LogP contribution in [0.25, 0.3) is 0 Å². The molecule has 156 valence electrons. The maximum atomic E-state index is 12.8. The number of nitrogen functional groups attached to an aromatic ring is 1. The highest BCUT2D eigenvalue weighted by Crippen LogP contribution is 2.40. The smallest absolute Gasteiger partial charge is 0.271 e. The molecular weight excluding hydrogens is 370 g/mol. The lowest BCUT2D eigenvalue weighted by atomic mass is 9.79. The second-order valence-electron chi connectivity index (χ2n) is 8.15. The fraction of sp³-hybridized carbons (Fsp3) is 0.524. The lowest BCUT2D eigenvalue weighted by Crippen LogP contribution is -2.45. The van der Waals surface area contributed by atoms with E-state index in [0.29, 0.717) is 11.5 Å². The second kappa shape index (κ2) is 7.94. The van der Waals surface area contributed by atoms with Crippen LogP contribution in [-0.2, 0) is 6.54 Å². The minimum absolute atomic E-state index is 0.0161. The van der Waals surface area contributed by atoms with E-state index in [2.05, 4.69) is 21.2 Å². The Balaban J connectivity index is 1.44. The minimum atomic E-state index is -0.0161. The summed E-state index contributed by atoms with van der Waals surface area (Å²) < 4.78 is 11.0. The number of para-hydroxylation sites is 1. The highest BCUT2D eigenvalue weighted by Gasteiger charge is 2.43. The molecule has 2 aliphatic heterocycles. The highest BCUT2D eigenvalue weighted by atomic mass is 16.5. The van der Waals surface area contributed by atoms with Crippen molar-refractivity contribution in [1.82, 2.24) is 20.0 Å². The number of piperidine rings is 1. The number of aromatic nitrogens is 2. The third kappa shape index (κ3) is 3.89. The van der Waals surface area contributed by atoms with E-state index in [1.54, 1.807) is 20.3 Å². The molecule has 2 aromatic rings. The van der Waals surface area contributed by atoms with Crippen LogP contribution in [-0.4, -0.2) is 66.3 Å².